The minimum atomic E-state index is -1.03. The summed E-state index contributed by atoms with van der Waals surface area (Å²) in [5.41, 5.74) is -2.50. The third-order valence-electron chi connectivity index (χ3n) is 4.67. The molecule has 0 spiro atoms. The van der Waals surface area contributed by atoms with Crippen LogP contribution in [0, 0.1) is 11.6 Å². The standard InChI is InChI=1S/C23H16F2N4O3/c24-17-11-5-4-8-15(17)14-28-22(31)20(21(30)26-16-9-2-1-3-10-16)27-29(23(28)32)19-13-7-6-12-18(19)25/h1-13H,14H2,(H,26,30). The Kier molecular flexibility index (Phi) is 5.71. The number of anilines is 1. The quantitative estimate of drug-likeness (QED) is 0.523. The van der Waals surface area contributed by atoms with Gasteiger partial charge in [0, 0.05) is 11.3 Å². The smallest absolute Gasteiger partial charge is 0.320 e. The van der Waals surface area contributed by atoms with Gasteiger partial charge in [-0.05, 0) is 30.3 Å². The van der Waals surface area contributed by atoms with E-state index in [-0.39, 0.29) is 11.3 Å². The Hall–Kier alpha value is -4.40. The molecule has 1 aromatic heterocycles. The number of amides is 1. The summed E-state index contributed by atoms with van der Waals surface area (Å²) in [6, 6.07) is 19.2. The number of nitrogens with one attached hydrogen (secondary N) is 1. The van der Waals surface area contributed by atoms with E-state index in [9.17, 15) is 23.2 Å². The van der Waals surface area contributed by atoms with E-state index in [1.165, 1.54) is 36.4 Å². The maximum Gasteiger partial charge on any atom is 0.352 e. The molecule has 0 bridgehead atoms. The summed E-state index contributed by atoms with van der Waals surface area (Å²) in [7, 11) is 0. The van der Waals surface area contributed by atoms with Crippen LogP contribution < -0.4 is 16.6 Å². The lowest BCUT2D eigenvalue weighted by Crippen LogP contribution is -2.45. The third kappa shape index (κ3) is 4.08. The zero-order valence-corrected chi connectivity index (χ0v) is 16.5. The summed E-state index contributed by atoms with van der Waals surface area (Å²) >= 11 is 0. The molecule has 1 N–H and O–H groups in total. The Morgan fingerprint density at radius 3 is 2.16 bits per heavy atom. The fraction of sp³-hybridized carbons (Fsp3) is 0.0435. The number of hydrogen-bond acceptors (Lipinski definition) is 4. The van der Waals surface area contributed by atoms with E-state index in [0.29, 0.717) is 14.9 Å². The molecule has 1 amide bonds. The van der Waals surface area contributed by atoms with Gasteiger partial charge in [0.25, 0.3) is 11.5 Å². The molecule has 4 aromatic rings. The van der Waals surface area contributed by atoms with Gasteiger partial charge in [0.15, 0.2) is 0 Å². The summed E-state index contributed by atoms with van der Waals surface area (Å²) in [6.45, 7) is -0.465. The van der Waals surface area contributed by atoms with Crippen LogP contribution in [0.1, 0.15) is 16.1 Å². The van der Waals surface area contributed by atoms with Gasteiger partial charge in [-0.3, -0.25) is 14.2 Å². The molecule has 0 fully saturated rings. The van der Waals surface area contributed by atoms with E-state index >= 15 is 0 Å². The normalized spacial score (nSPS) is 10.7. The lowest BCUT2D eigenvalue weighted by atomic mass is 10.2. The second-order valence-corrected chi connectivity index (χ2v) is 6.80. The fourth-order valence-electron chi connectivity index (χ4n) is 3.09. The number of nitrogens with zero attached hydrogens (tertiary/aromatic N) is 3. The first-order chi connectivity index (χ1) is 15.5. The van der Waals surface area contributed by atoms with Crippen LogP contribution in [-0.2, 0) is 6.54 Å². The first-order valence-corrected chi connectivity index (χ1v) is 9.54. The molecular formula is C23H16F2N4O3. The summed E-state index contributed by atoms with van der Waals surface area (Å²) < 4.78 is 29.9. The molecule has 0 atom stereocenters. The molecule has 0 aliphatic carbocycles. The molecule has 4 rings (SSSR count). The zero-order valence-electron chi connectivity index (χ0n) is 16.5. The van der Waals surface area contributed by atoms with Gasteiger partial charge >= 0.3 is 5.69 Å². The number of rotatable bonds is 5. The molecule has 0 aliphatic heterocycles. The molecule has 0 unspecified atom stereocenters. The molecule has 7 nitrogen and oxygen atoms in total. The third-order valence-corrected chi connectivity index (χ3v) is 4.67. The molecular weight excluding hydrogens is 418 g/mol. The highest BCUT2D eigenvalue weighted by Crippen LogP contribution is 2.11. The largest absolute Gasteiger partial charge is 0.352 e. The van der Waals surface area contributed by atoms with Crippen LogP contribution in [0.3, 0.4) is 0 Å². The van der Waals surface area contributed by atoms with Gasteiger partial charge in [0.1, 0.15) is 17.3 Å². The van der Waals surface area contributed by atoms with E-state index in [2.05, 4.69) is 10.4 Å². The van der Waals surface area contributed by atoms with E-state index in [1.54, 1.807) is 36.4 Å². The van der Waals surface area contributed by atoms with Crippen LogP contribution in [0.4, 0.5) is 14.5 Å². The molecule has 3 aromatic carbocycles. The van der Waals surface area contributed by atoms with E-state index in [0.717, 1.165) is 6.07 Å². The first-order valence-electron chi connectivity index (χ1n) is 9.54. The summed E-state index contributed by atoms with van der Waals surface area (Å²) in [5.74, 6) is -2.32. The predicted octanol–water partition coefficient (Wildman–Crippen LogP) is 2.97. The summed E-state index contributed by atoms with van der Waals surface area (Å²) in [6.07, 6.45) is 0. The van der Waals surface area contributed by atoms with E-state index in [4.69, 9.17) is 0 Å². The minimum absolute atomic E-state index is 0.0485. The topological polar surface area (TPSA) is 86.0 Å². The van der Waals surface area contributed by atoms with Gasteiger partial charge in [-0.2, -0.15) is 9.78 Å². The number of carbonyl (C=O) groups is 1. The van der Waals surface area contributed by atoms with Crippen molar-refractivity contribution >= 4 is 11.6 Å². The van der Waals surface area contributed by atoms with Crippen LogP contribution in [0.15, 0.2) is 88.5 Å². The van der Waals surface area contributed by atoms with Crippen molar-refractivity contribution < 1.29 is 13.6 Å². The van der Waals surface area contributed by atoms with Crippen molar-refractivity contribution in [3.63, 3.8) is 0 Å². The summed E-state index contributed by atoms with van der Waals surface area (Å²) in [4.78, 5) is 38.9. The average Bonchev–Trinajstić information content (AvgIpc) is 2.79. The van der Waals surface area contributed by atoms with Gasteiger partial charge < -0.3 is 5.32 Å². The fourth-order valence-corrected chi connectivity index (χ4v) is 3.09. The van der Waals surface area contributed by atoms with Crippen molar-refractivity contribution in [1.29, 1.82) is 0 Å². The lowest BCUT2D eigenvalue weighted by molar-refractivity contribution is 0.101. The highest BCUT2D eigenvalue weighted by atomic mass is 19.1. The van der Waals surface area contributed by atoms with Gasteiger partial charge in [0.2, 0.25) is 5.69 Å². The van der Waals surface area contributed by atoms with Crippen LogP contribution in [0.25, 0.3) is 5.69 Å². The number of benzene rings is 3. The summed E-state index contributed by atoms with van der Waals surface area (Å²) in [5, 5.41) is 6.37. The lowest BCUT2D eigenvalue weighted by Gasteiger charge is -2.13. The van der Waals surface area contributed by atoms with Crippen LogP contribution >= 0.6 is 0 Å². The Morgan fingerprint density at radius 2 is 1.47 bits per heavy atom. The van der Waals surface area contributed by atoms with Crippen LogP contribution in [0.2, 0.25) is 0 Å². The van der Waals surface area contributed by atoms with Crippen molar-refractivity contribution in [3.8, 4) is 5.69 Å². The van der Waals surface area contributed by atoms with E-state index < -0.39 is 41.0 Å². The number of aromatic nitrogens is 3. The zero-order chi connectivity index (χ0) is 22.7. The van der Waals surface area contributed by atoms with Gasteiger partial charge in [0.05, 0.1) is 6.54 Å². The molecule has 1 heterocycles. The van der Waals surface area contributed by atoms with Crippen molar-refractivity contribution in [2.45, 2.75) is 6.54 Å². The maximum absolute atomic E-state index is 14.4. The Labute approximate surface area is 180 Å². The molecule has 9 heteroatoms. The molecule has 0 radical (unpaired) electrons. The Morgan fingerprint density at radius 1 is 0.844 bits per heavy atom. The average molecular weight is 434 g/mol. The molecule has 0 aliphatic rings. The predicted molar refractivity (Wildman–Crippen MR) is 114 cm³/mol. The minimum Gasteiger partial charge on any atom is -0.320 e. The van der Waals surface area contributed by atoms with Crippen molar-refractivity contribution in [2.24, 2.45) is 0 Å². The van der Waals surface area contributed by atoms with Gasteiger partial charge in [-0.25, -0.2) is 13.6 Å². The number of carbonyl (C=O) groups excluding carboxylic acids is 1. The second kappa shape index (κ2) is 8.76. The maximum atomic E-state index is 14.4. The SMILES string of the molecule is O=C(Nc1ccccc1)c1nn(-c2ccccc2F)c(=O)n(Cc2ccccc2F)c1=O. The highest BCUT2D eigenvalue weighted by Gasteiger charge is 2.22. The number of halogens is 2. The second-order valence-electron chi connectivity index (χ2n) is 6.80. The van der Waals surface area contributed by atoms with Crippen molar-refractivity contribution in [2.75, 3.05) is 5.32 Å². The molecule has 0 saturated carbocycles. The first kappa shape index (κ1) is 20.9. The molecule has 32 heavy (non-hydrogen) atoms. The van der Waals surface area contributed by atoms with Gasteiger partial charge in [-0.1, -0.05) is 48.5 Å². The Bertz CT molecular complexity index is 1410. The number of hydrogen-bond donors (Lipinski definition) is 1. The molecule has 160 valence electrons. The van der Waals surface area contributed by atoms with Crippen LogP contribution in [-0.4, -0.2) is 20.3 Å². The highest BCUT2D eigenvalue weighted by molar-refractivity contribution is 6.02. The van der Waals surface area contributed by atoms with Crippen LogP contribution in [0.5, 0.6) is 0 Å². The number of para-hydroxylation sites is 2. The monoisotopic (exact) mass is 434 g/mol. The van der Waals surface area contributed by atoms with Crippen molar-refractivity contribution in [1.82, 2.24) is 14.3 Å². The Balaban J connectivity index is 1.89. The van der Waals surface area contributed by atoms with Gasteiger partial charge in [-0.15, -0.1) is 0 Å². The van der Waals surface area contributed by atoms with Crippen molar-refractivity contribution in [3.05, 3.63) is 123 Å². The molecule has 0 saturated heterocycles. The van der Waals surface area contributed by atoms with E-state index in [1.807, 2.05) is 0 Å².